The van der Waals surface area contributed by atoms with Crippen molar-refractivity contribution in [2.75, 3.05) is 31.6 Å². The van der Waals surface area contributed by atoms with E-state index < -0.39 is 11.9 Å². The first-order chi connectivity index (χ1) is 14.1. The van der Waals surface area contributed by atoms with E-state index in [1.165, 1.54) is 5.56 Å². The third kappa shape index (κ3) is 4.64. The van der Waals surface area contributed by atoms with Gasteiger partial charge in [-0.1, -0.05) is 36.4 Å². The van der Waals surface area contributed by atoms with Crippen LogP contribution in [0.5, 0.6) is 0 Å². The largest absolute Gasteiger partial charge is 0.379 e. The minimum absolute atomic E-state index is 0.190. The maximum atomic E-state index is 12.2. The van der Waals surface area contributed by atoms with Gasteiger partial charge in [-0.25, -0.2) is 5.06 Å². The molecule has 2 heterocycles. The van der Waals surface area contributed by atoms with Crippen LogP contribution in [0.25, 0.3) is 11.1 Å². The molecule has 0 spiro atoms. The first-order valence-electron chi connectivity index (χ1n) is 9.91. The monoisotopic (exact) mass is 395 g/mol. The molecule has 0 saturated carbocycles. The highest BCUT2D eigenvalue weighted by molar-refractivity contribution is 5.98. The van der Waals surface area contributed by atoms with Crippen molar-refractivity contribution in [1.82, 2.24) is 9.96 Å². The summed E-state index contributed by atoms with van der Waals surface area (Å²) in [5.41, 5.74) is 4.08. The van der Waals surface area contributed by atoms with Crippen molar-refractivity contribution in [2.45, 2.75) is 25.4 Å². The highest BCUT2D eigenvalue weighted by Gasteiger charge is 2.35. The SMILES string of the molecule is O=C(Nc1ccc(-c2ccc(CN3CCOCC3)cc2)cc1)C1CCC(=O)N1O. The summed E-state index contributed by atoms with van der Waals surface area (Å²) in [6.45, 7) is 4.47. The predicted molar refractivity (Wildman–Crippen MR) is 108 cm³/mol. The van der Waals surface area contributed by atoms with Gasteiger partial charge in [0.05, 0.1) is 13.2 Å². The minimum Gasteiger partial charge on any atom is -0.379 e. The Morgan fingerprint density at radius 2 is 1.66 bits per heavy atom. The van der Waals surface area contributed by atoms with Crippen LogP contribution in [-0.4, -0.2) is 59.3 Å². The third-order valence-electron chi connectivity index (χ3n) is 5.43. The van der Waals surface area contributed by atoms with Gasteiger partial charge in [0.1, 0.15) is 6.04 Å². The smallest absolute Gasteiger partial charge is 0.249 e. The molecule has 4 rings (SSSR count). The molecule has 2 saturated heterocycles. The topological polar surface area (TPSA) is 82.1 Å². The molecule has 7 heteroatoms. The second-order valence-electron chi connectivity index (χ2n) is 7.44. The van der Waals surface area contributed by atoms with Crippen molar-refractivity contribution in [1.29, 1.82) is 0 Å². The molecule has 2 aliphatic heterocycles. The maximum Gasteiger partial charge on any atom is 0.249 e. The molecular weight excluding hydrogens is 370 g/mol. The molecule has 2 fully saturated rings. The zero-order valence-corrected chi connectivity index (χ0v) is 16.2. The lowest BCUT2D eigenvalue weighted by Gasteiger charge is -2.26. The molecule has 152 valence electrons. The fraction of sp³-hybridized carbons (Fsp3) is 0.364. The van der Waals surface area contributed by atoms with Crippen LogP contribution in [0.3, 0.4) is 0 Å². The first kappa shape index (κ1) is 19.6. The van der Waals surface area contributed by atoms with Gasteiger partial charge in [-0.2, -0.15) is 0 Å². The van der Waals surface area contributed by atoms with Crippen LogP contribution in [0.2, 0.25) is 0 Å². The van der Waals surface area contributed by atoms with Crippen LogP contribution >= 0.6 is 0 Å². The summed E-state index contributed by atoms with van der Waals surface area (Å²) in [5.74, 6) is -0.795. The van der Waals surface area contributed by atoms with E-state index in [1.807, 2.05) is 24.3 Å². The van der Waals surface area contributed by atoms with Gasteiger partial charge in [0.2, 0.25) is 11.8 Å². The number of benzene rings is 2. The zero-order valence-electron chi connectivity index (χ0n) is 16.2. The lowest BCUT2D eigenvalue weighted by Crippen LogP contribution is -2.39. The van der Waals surface area contributed by atoms with Crippen LogP contribution in [0.1, 0.15) is 18.4 Å². The third-order valence-corrected chi connectivity index (χ3v) is 5.43. The zero-order chi connectivity index (χ0) is 20.2. The van der Waals surface area contributed by atoms with Gasteiger partial charge >= 0.3 is 0 Å². The number of morpholine rings is 1. The van der Waals surface area contributed by atoms with Gasteiger partial charge in [-0.05, 0) is 35.2 Å². The molecule has 2 aromatic carbocycles. The predicted octanol–water partition coefficient (Wildman–Crippen LogP) is 2.50. The summed E-state index contributed by atoms with van der Waals surface area (Å²) < 4.78 is 5.39. The molecule has 0 aliphatic carbocycles. The van der Waals surface area contributed by atoms with Gasteiger partial charge in [0.25, 0.3) is 0 Å². The van der Waals surface area contributed by atoms with Crippen LogP contribution in [0.4, 0.5) is 5.69 Å². The number of nitrogens with one attached hydrogen (secondary N) is 1. The van der Waals surface area contributed by atoms with Gasteiger partial charge in [-0.15, -0.1) is 0 Å². The Bertz CT molecular complexity index is 861. The second kappa shape index (κ2) is 8.73. The van der Waals surface area contributed by atoms with Crippen molar-refractivity contribution in [2.24, 2.45) is 0 Å². The number of hydrogen-bond donors (Lipinski definition) is 2. The van der Waals surface area contributed by atoms with Crippen molar-refractivity contribution in [3.05, 3.63) is 54.1 Å². The molecule has 0 bridgehead atoms. The number of rotatable bonds is 5. The molecule has 2 amide bonds. The van der Waals surface area contributed by atoms with E-state index in [4.69, 9.17) is 4.74 Å². The maximum absolute atomic E-state index is 12.2. The standard InChI is InChI=1S/C22H25N3O4/c26-21-10-9-20(25(21)28)22(27)23-19-7-5-18(6-8-19)17-3-1-16(2-4-17)15-24-11-13-29-14-12-24/h1-8,20,28H,9-15H2,(H,23,27). The van der Waals surface area contributed by atoms with Crippen molar-refractivity contribution >= 4 is 17.5 Å². The van der Waals surface area contributed by atoms with Crippen LogP contribution in [0.15, 0.2) is 48.5 Å². The van der Waals surface area contributed by atoms with E-state index >= 15 is 0 Å². The summed E-state index contributed by atoms with van der Waals surface area (Å²) in [4.78, 5) is 26.0. The Kier molecular flexibility index (Phi) is 5.89. The summed E-state index contributed by atoms with van der Waals surface area (Å²) in [6.07, 6.45) is 0.519. The summed E-state index contributed by atoms with van der Waals surface area (Å²) >= 11 is 0. The second-order valence-corrected chi connectivity index (χ2v) is 7.44. The molecule has 1 unspecified atom stereocenters. The molecule has 29 heavy (non-hydrogen) atoms. The number of nitrogens with zero attached hydrogens (tertiary/aromatic N) is 2. The molecule has 7 nitrogen and oxygen atoms in total. The molecule has 2 aliphatic rings. The van der Waals surface area contributed by atoms with E-state index in [9.17, 15) is 14.8 Å². The number of carbonyl (C=O) groups is 2. The average molecular weight is 395 g/mol. The minimum atomic E-state index is -0.818. The highest BCUT2D eigenvalue weighted by Crippen LogP contribution is 2.23. The number of amides is 2. The Morgan fingerprint density at radius 1 is 1.03 bits per heavy atom. The van der Waals surface area contributed by atoms with Crippen LogP contribution in [-0.2, 0) is 20.9 Å². The fourth-order valence-electron chi connectivity index (χ4n) is 3.70. The molecule has 2 N–H and O–H groups in total. The number of hydroxylamine groups is 2. The molecule has 0 aromatic heterocycles. The lowest BCUT2D eigenvalue weighted by atomic mass is 10.0. The van der Waals surface area contributed by atoms with Gasteiger partial charge in [-0.3, -0.25) is 19.7 Å². The van der Waals surface area contributed by atoms with Crippen LogP contribution in [0, 0.1) is 0 Å². The number of ether oxygens (including phenoxy) is 1. The molecule has 0 radical (unpaired) electrons. The van der Waals surface area contributed by atoms with Crippen molar-refractivity contribution in [3.63, 3.8) is 0 Å². The summed E-state index contributed by atoms with van der Waals surface area (Å²) in [7, 11) is 0. The average Bonchev–Trinajstić information content (AvgIpc) is 3.09. The molecule has 1 atom stereocenters. The van der Waals surface area contributed by atoms with Crippen molar-refractivity contribution < 1.29 is 19.5 Å². The molecular formula is C22H25N3O4. The first-order valence-corrected chi connectivity index (χ1v) is 9.91. The Morgan fingerprint density at radius 3 is 2.24 bits per heavy atom. The number of carbonyl (C=O) groups excluding carboxylic acids is 2. The van der Waals surface area contributed by atoms with E-state index in [0.29, 0.717) is 17.2 Å². The van der Waals surface area contributed by atoms with E-state index in [2.05, 4.69) is 34.5 Å². The lowest BCUT2D eigenvalue weighted by molar-refractivity contribution is -0.168. The van der Waals surface area contributed by atoms with E-state index in [0.717, 1.165) is 44.0 Å². The van der Waals surface area contributed by atoms with Crippen LogP contribution < -0.4 is 5.32 Å². The number of hydrogen-bond acceptors (Lipinski definition) is 5. The normalized spacial score (nSPS) is 20.1. The van der Waals surface area contributed by atoms with E-state index in [-0.39, 0.29) is 12.3 Å². The fourth-order valence-corrected chi connectivity index (χ4v) is 3.70. The van der Waals surface area contributed by atoms with Gasteiger partial charge in [0.15, 0.2) is 0 Å². The number of anilines is 1. The summed E-state index contributed by atoms with van der Waals surface area (Å²) in [6, 6.07) is 15.2. The summed E-state index contributed by atoms with van der Waals surface area (Å²) in [5, 5.41) is 12.9. The van der Waals surface area contributed by atoms with E-state index in [1.54, 1.807) is 0 Å². The Hall–Kier alpha value is -2.74. The molecule has 2 aromatic rings. The Labute approximate surface area is 169 Å². The quantitative estimate of drug-likeness (QED) is 0.761. The Balaban J connectivity index is 1.36. The van der Waals surface area contributed by atoms with Gasteiger partial charge in [0, 0.05) is 31.7 Å². The van der Waals surface area contributed by atoms with Gasteiger partial charge < -0.3 is 10.1 Å². The highest BCUT2D eigenvalue weighted by atomic mass is 16.5. The van der Waals surface area contributed by atoms with Crippen molar-refractivity contribution in [3.8, 4) is 11.1 Å².